The summed E-state index contributed by atoms with van der Waals surface area (Å²) in [7, 11) is 1.94. The third-order valence-corrected chi connectivity index (χ3v) is 1.97. The highest BCUT2D eigenvalue weighted by molar-refractivity contribution is 5.79. The molecule has 1 heterocycles. The SMILES string of the molecule is CCN=C(NN)N(C)Cc1ccncc1. The second-order valence-electron chi connectivity index (χ2n) is 3.15. The van der Waals surface area contributed by atoms with Crippen molar-refractivity contribution in [3.63, 3.8) is 0 Å². The van der Waals surface area contributed by atoms with Crippen LogP contribution in [0.1, 0.15) is 12.5 Å². The quantitative estimate of drug-likeness (QED) is 0.325. The highest BCUT2D eigenvalue weighted by Crippen LogP contribution is 2.00. The van der Waals surface area contributed by atoms with Crippen molar-refractivity contribution >= 4 is 5.96 Å². The molecule has 0 amide bonds. The Kier molecular flexibility index (Phi) is 4.56. The van der Waals surface area contributed by atoms with E-state index in [4.69, 9.17) is 5.84 Å². The molecule has 0 bridgehead atoms. The maximum Gasteiger partial charge on any atom is 0.208 e. The summed E-state index contributed by atoms with van der Waals surface area (Å²) in [5.74, 6) is 6.07. The van der Waals surface area contributed by atoms with Crippen molar-refractivity contribution in [2.45, 2.75) is 13.5 Å². The number of aliphatic imine (C=N–C) groups is 1. The zero-order chi connectivity index (χ0) is 11.1. The van der Waals surface area contributed by atoms with Crippen LogP contribution >= 0.6 is 0 Å². The van der Waals surface area contributed by atoms with Crippen LogP contribution in [0.4, 0.5) is 0 Å². The Hall–Kier alpha value is -1.62. The topological polar surface area (TPSA) is 66.5 Å². The van der Waals surface area contributed by atoms with E-state index in [-0.39, 0.29) is 0 Å². The second-order valence-corrected chi connectivity index (χ2v) is 3.15. The van der Waals surface area contributed by atoms with Gasteiger partial charge in [-0.2, -0.15) is 0 Å². The molecular weight excluding hydrogens is 190 g/mol. The van der Waals surface area contributed by atoms with Gasteiger partial charge in [-0.15, -0.1) is 0 Å². The third-order valence-electron chi connectivity index (χ3n) is 1.97. The van der Waals surface area contributed by atoms with Gasteiger partial charge in [-0.3, -0.25) is 15.4 Å². The first-order valence-corrected chi connectivity index (χ1v) is 4.89. The summed E-state index contributed by atoms with van der Waals surface area (Å²) in [6, 6.07) is 3.94. The number of pyridine rings is 1. The molecule has 0 saturated carbocycles. The Morgan fingerprint density at radius 3 is 2.73 bits per heavy atom. The Labute approximate surface area is 90.0 Å². The minimum atomic E-state index is 0.689. The first-order chi connectivity index (χ1) is 7.27. The van der Waals surface area contributed by atoms with Gasteiger partial charge >= 0.3 is 0 Å². The third kappa shape index (κ3) is 3.55. The molecule has 82 valence electrons. The molecule has 15 heavy (non-hydrogen) atoms. The van der Waals surface area contributed by atoms with E-state index in [9.17, 15) is 0 Å². The summed E-state index contributed by atoms with van der Waals surface area (Å²) in [5, 5.41) is 0. The molecule has 1 aromatic rings. The summed E-state index contributed by atoms with van der Waals surface area (Å²) in [5.41, 5.74) is 3.76. The molecule has 0 saturated heterocycles. The van der Waals surface area contributed by atoms with E-state index in [1.807, 2.05) is 31.0 Å². The smallest absolute Gasteiger partial charge is 0.208 e. The van der Waals surface area contributed by atoms with Crippen LogP contribution in [0.3, 0.4) is 0 Å². The predicted molar refractivity (Wildman–Crippen MR) is 61.0 cm³/mol. The Balaban J connectivity index is 2.62. The highest BCUT2D eigenvalue weighted by atomic mass is 15.4. The molecule has 0 fully saturated rings. The lowest BCUT2D eigenvalue weighted by Gasteiger charge is -2.20. The van der Waals surface area contributed by atoms with E-state index in [2.05, 4.69) is 15.4 Å². The van der Waals surface area contributed by atoms with Crippen LogP contribution < -0.4 is 11.3 Å². The highest BCUT2D eigenvalue weighted by Gasteiger charge is 2.04. The fourth-order valence-electron chi connectivity index (χ4n) is 1.26. The molecule has 5 nitrogen and oxygen atoms in total. The van der Waals surface area contributed by atoms with Gasteiger partial charge in [-0.05, 0) is 24.6 Å². The van der Waals surface area contributed by atoms with Gasteiger partial charge in [0.15, 0.2) is 0 Å². The fourth-order valence-corrected chi connectivity index (χ4v) is 1.26. The van der Waals surface area contributed by atoms with Crippen LogP contribution in [0, 0.1) is 0 Å². The van der Waals surface area contributed by atoms with Crippen molar-refractivity contribution in [2.24, 2.45) is 10.8 Å². The lowest BCUT2D eigenvalue weighted by Crippen LogP contribution is -2.42. The summed E-state index contributed by atoms with van der Waals surface area (Å²) >= 11 is 0. The molecule has 3 N–H and O–H groups in total. The van der Waals surface area contributed by atoms with Crippen LogP contribution in [0.5, 0.6) is 0 Å². The standard InChI is InChI=1S/C10H17N5/c1-3-13-10(14-11)15(2)8-9-4-6-12-7-5-9/h4-7H,3,8,11H2,1-2H3,(H,13,14). The molecule has 0 aliphatic heterocycles. The van der Waals surface area contributed by atoms with E-state index in [1.54, 1.807) is 12.4 Å². The summed E-state index contributed by atoms with van der Waals surface area (Å²) in [6.45, 7) is 3.43. The minimum Gasteiger partial charge on any atom is -0.341 e. The predicted octanol–water partition coefficient (Wildman–Crippen LogP) is 0.353. The fraction of sp³-hybridized carbons (Fsp3) is 0.400. The zero-order valence-electron chi connectivity index (χ0n) is 9.14. The number of nitrogens with one attached hydrogen (secondary N) is 1. The van der Waals surface area contributed by atoms with Gasteiger partial charge in [0, 0.05) is 32.5 Å². The molecule has 1 rings (SSSR count). The summed E-state index contributed by atoms with van der Waals surface area (Å²) < 4.78 is 0. The molecule has 0 radical (unpaired) electrons. The number of hydrogen-bond acceptors (Lipinski definition) is 3. The van der Waals surface area contributed by atoms with Crippen LogP contribution in [-0.2, 0) is 6.54 Å². The number of nitrogens with two attached hydrogens (primary N) is 1. The number of hydrogen-bond donors (Lipinski definition) is 2. The van der Waals surface area contributed by atoms with Crippen molar-refractivity contribution in [3.05, 3.63) is 30.1 Å². The van der Waals surface area contributed by atoms with Crippen LogP contribution in [0.25, 0.3) is 0 Å². The zero-order valence-corrected chi connectivity index (χ0v) is 9.14. The molecule has 0 aliphatic carbocycles. The van der Waals surface area contributed by atoms with Crippen molar-refractivity contribution in [2.75, 3.05) is 13.6 Å². The maximum absolute atomic E-state index is 5.38. The summed E-state index contributed by atoms with van der Waals surface area (Å²) in [4.78, 5) is 10.2. The molecule has 0 spiro atoms. The van der Waals surface area contributed by atoms with Crippen molar-refractivity contribution < 1.29 is 0 Å². The van der Waals surface area contributed by atoms with Crippen LogP contribution in [0.2, 0.25) is 0 Å². The molecular formula is C10H17N5. The number of hydrazine groups is 1. The van der Waals surface area contributed by atoms with E-state index in [0.29, 0.717) is 12.5 Å². The van der Waals surface area contributed by atoms with Gasteiger partial charge in [0.25, 0.3) is 0 Å². The normalized spacial score (nSPS) is 11.3. The number of guanidine groups is 1. The van der Waals surface area contributed by atoms with Crippen molar-refractivity contribution in [1.29, 1.82) is 0 Å². The minimum absolute atomic E-state index is 0.689. The molecule has 0 atom stereocenters. The Morgan fingerprint density at radius 2 is 2.20 bits per heavy atom. The first-order valence-electron chi connectivity index (χ1n) is 4.89. The maximum atomic E-state index is 5.38. The van der Waals surface area contributed by atoms with Crippen molar-refractivity contribution in [3.8, 4) is 0 Å². The lowest BCUT2D eigenvalue weighted by molar-refractivity contribution is 0.477. The Bertz CT molecular complexity index is 309. The molecule has 1 aromatic heterocycles. The average Bonchev–Trinajstić information content (AvgIpc) is 2.27. The molecule has 0 unspecified atom stereocenters. The molecule has 5 heteroatoms. The van der Waals surface area contributed by atoms with E-state index in [0.717, 1.165) is 6.54 Å². The number of aromatic nitrogens is 1. The number of nitrogens with zero attached hydrogens (tertiary/aromatic N) is 3. The van der Waals surface area contributed by atoms with Crippen LogP contribution in [-0.4, -0.2) is 29.4 Å². The van der Waals surface area contributed by atoms with Gasteiger partial charge in [0.05, 0.1) is 0 Å². The monoisotopic (exact) mass is 207 g/mol. The van der Waals surface area contributed by atoms with Gasteiger partial charge < -0.3 is 4.90 Å². The summed E-state index contributed by atoms with van der Waals surface area (Å²) in [6.07, 6.45) is 3.55. The van der Waals surface area contributed by atoms with E-state index >= 15 is 0 Å². The van der Waals surface area contributed by atoms with E-state index in [1.165, 1.54) is 5.56 Å². The van der Waals surface area contributed by atoms with Gasteiger partial charge in [0.2, 0.25) is 5.96 Å². The van der Waals surface area contributed by atoms with Gasteiger partial charge in [-0.1, -0.05) is 0 Å². The number of rotatable bonds is 3. The largest absolute Gasteiger partial charge is 0.341 e. The lowest BCUT2D eigenvalue weighted by atomic mass is 10.2. The second kappa shape index (κ2) is 5.98. The van der Waals surface area contributed by atoms with Gasteiger partial charge in [-0.25, -0.2) is 5.84 Å². The molecule has 0 aliphatic rings. The van der Waals surface area contributed by atoms with Gasteiger partial charge in [0.1, 0.15) is 0 Å². The average molecular weight is 207 g/mol. The first kappa shape index (κ1) is 11.5. The van der Waals surface area contributed by atoms with E-state index < -0.39 is 0 Å². The Morgan fingerprint density at radius 1 is 1.53 bits per heavy atom. The van der Waals surface area contributed by atoms with Crippen LogP contribution in [0.15, 0.2) is 29.5 Å². The van der Waals surface area contributed by atoms with Crippen molar-refractivity contribution in [1.82, 2.24) is 15.3 Å². The molecule has 0 aromatic carbocycles.